The van der Waals surface area contributed by atoms with Crippen LogP contribution in [0.4, 0.5) is 0 Å². The van der Waals surface area contributed by atoms with Crippen LogP contribution >= 0.6 is 0 Å². The number of nitrogens with one attached hydrogen (secondary N) is 1. The molecule has 1 aliphatic heterocycles. The molecule has 1 nitrogen and oxygen atoms in total. The summed E-state index contributed by atoms with van der Waals surface area (Å²) in [4.78, 5) is 0. The Morgan fingerprint density at radius 1 is 1.67 bits per heavy atom. The first-order valence-corrected chi connectivity index (χ1v) is 3.68. The van der Waals surface area contributed by atoms with Crippen LogP contribution < -0.4 is 5.32 Å². The summed E-state index contributed by atoms with van der Waals surface area (Å²) in [5, 5.41) is 3.34. The minimum atomic E-state index is 0.684. The highest BCUT2D eigenvalue weighted by atomic mass is 14.9. The van der Waals surface area contributed by atoms with Crippen LogP contribution in [0.15, 0.2) is 0 Å². The summed E-state index contributed by atoms with van der Waals surface area (Å²) in [6.07, 6.45) is 7.95. The lowest BCUT2D eigenvalue weighted by atomic mass is 9.95. The zero-order valence-corrected chi connectivity index (χ0v) is 5.98. The number of hydrogen-bond acceptors (Lipinski definition) is 1. The predicted octanol–water partition coefficient (Wildman–Crippen LogP) is 1.29. The standard InChI is InChI=1S/C8H14N/c1-2-4-8-5-3-6-9-7-8/h2,8-9H,3,5-7H2,1H3. The maximum absolute atomic E-state index is 3.34. The van der Waals surface area contributed by atoms with Crippen molar-refractivity contribution in [3.05, 3.63) is 12.8 Å². The molecule has 1 N–H and O–H groups in total. The highest BCUT2D eigenvalue weighted by Crippen LogP contribution is 2.13. The molecule has 0 spiro atoms. The molecular weight excluding hydrogens is 110 g/mol. The fourth-order valence-corrected chi connectivity index (χ4v) is 1.23. The predicted molar refractivity (Wildman–Crippen MR) is 38.8 cm³/mol. The molecule has 1 aliphatic rings. The molecule has 1 rings (SSSR count). The van der Waals surface area contributed by atoms with Crippen molar-refractivity contribution >= 4 is 0 Å². The average molecular weight is 124 g/mol. The van der Waals surface area contributed by atoms with Gasteiger partial charge in [-0.05, 0) is 44.7 Å². The smallest absolute Gasteiger partial charge is 0.00147 e. The van der Waals surface area contributed by atoms with E-state index in [2.05, 4.69) is 11.7 Å². The second-order valence-electron chi connectivity index (χ2n) is 2.50. The van der Waals surface area contributed by atoms with Gasteiger partial charge < -0.3 is 5.32 Å². The molecule has 51 valence electrons. The van der Waals surface area contributed by atoms with E-state index in [1.807, 2.05) is 13.3 Å². The molecule has 1 heterocycles. The van der Waals surface area contributed by atoms with Crippen molar-refractivity contribution in [2.45, 2.75) is 19.8 Å². The third-order valence-corrected chi connectivity index (χ3v) is 1.70. The number of rotatable bonds is 2. The van der Waals surface area contributed by atoms with Gasteiger partial charge in [0.15, 0.2) is 0 Å². The first-order valence-electron chi connectivity index (χ1n) is 3.68. The highest BCUT2D eigenvalue weighted by Gasteiger charge is 2.11. The van der Waals surface area contributed by atoms with E-state index >= 15 is 0 Å². The molecule has 1 heteroatoms. The van der Waals surface area contributed by atoms with E-state index in [-0.39, 0.29) is 0 Å². The summed E-state index contributed by atoms with van der Waals surface area (Å²) in [5.41, 5.74) is 0. The summed E-state index contributed by atoms with van der Waals surface area (Å²) in [6, 6.07) is 0. The molecule has 9 heavy (non-hydrogen) atoms. The Balaban J connectivity index is 2.08. The van der Waals surface area contributed by atoms with Gasteiger partial charge in [-0.2, -0.15) is 0 Å². The fraction of sp³-hybridized carbons (Fsp3) is 0.750. The third-order valence-electron chi connectivity index (χ3n) is 1.70. The van der Waals surface area contributed by atoms with E-state index in [1.54, 1.807) is 0 Å². The first-order chi connectivity index (χ1) is 4.43. The Morgan fingerprint density at radius 2 is 2.56 bits per heavy atom. The van der Waals surface area contributed by atoms with Crippen molar-refractivity contribution in [3.8, 4) is 0 Å². The topological polar surface area (TPSA) is 12.0 Å². The number of hydrogen-bond donors (Lipinski definition) is 1. The van der Waals surface area contributed by atoms with Crippen LogP contribution in [0.5, 0.6) is 0 Å². The molecule has 3 radical (unpaired) electrons. The van der Waals surface area contributed by atoms with Crippen molar-refractivity contribution in [3.63, 3.8) is 0 Å². The molecule has 0 amide bonds. The van der Waals surface area contributed by atoms with Crippen LogP contribution in [-0.2, 0) is 0 Å². The Morgan fingerprint density at radius 3 is 3.11 bits per heavy atom. The van der Waals surface area contributed by atoms with Crippen molar-refractivity contribution < 1.29 is 0 Å². The van der Waals surface area contributed by atoms with Gasteiger partial charge in [-0.1, -0.05) is 6.92 Å². The van der Waals surface area contributed by atoms with Crippen LogP contribution in [-0.4, -0.2) is 13.1 Å². The van der Waals surface area contributed by atoms with Crippen LogP contribution in [0.25, 0.3) is 0 Å². The molecule has 0 aromatic carbocycles. The lowest BCUT2D eigenvalue weighted by molar-refractivity contribution is 0.420. The van der Waals surface area contributed by atoms with E-state index in [0.717, 1.165) is 6.54 Å². The van der Waals surface area contributed by atoms with Gasteiger partial charge in [0.25, 0.3) is 0 Å². The van der Waals surface area contributed by atoms with Gasteiger partial charge in [0.1, 0.15) is 0 Å². The molecular formula is C8H14N. The van der Waals surface area contributed by atoms with Gasteiger partial charge in [-0.15, -0.1) is 0 Å². The normalized spacial score (nSPS) is 28.3. The minimum absolute atomic E-state index is 0.684. The Labute approximate surface area is 57.8 Å². The molecule has 1 atom stereocenters. The van der Waals surface area contributed by atoms with Crippen LogP contribution in [0.3, 0.4) is 0 Å². The summed E-state index contributed by atoms with van der Waals surface area (Å²) >= 11 is 0. The molecule has 1 unspecified atom stereocenters. The van der Waals surface area contributed by atoms with E-state index in [9.17, 15) is 0 Å². The lowest BCUT2D eigenvalue weighted by Gasteiger charge is -2.20. The SMILES string of the molecule is C[CH][C]C1CCCNC1. The second kappa shape index (κ2) is 3.89. The van der Waals surface area contributed by atoms with Crippen molar-refractivity contribution in [2.75, 3.05) is 13.1 Å². The van der Waals surface area contributed by atoms with Gasteiger partial charge in [0, 0.05) is 0 Å². The summed E-state index contributed by atoms with van der Waals surface area (Å²) in [5.74, 6) is 0.684. The highest BCUT2D eigenvalue weighted by molar-refractivity contribution is 4.89. The summed E-state index contributed by atoms with van der Waals surface area (Å²) in [6.45, 7) is 4.36. The van der Waals surface area contributed by atoms with Gasteiger partial charge in [-0.3, -0.25) is 0 Å². The van der Waals surface area contributed by atoms with E-state index in [4.69, 9.17) is 0 Å². The van der Waals surface area contributed by atoms with Gasteiger partial charge in [0.2, 0.25) is 0 Å². The zero-order valence-electron chi connectivity index (χ0n) is 5.98. The van der Waals surface area contributed by atoms with E-state index < -0.39 is 0 Å². The first kappa shape index (κ1) is 7.07. The zero-order chi connectivity index (χ0) is 6.53. The molecule has 1 fully saturated rings. The monoisotopic (exact) mass is 124 g/mol. The van der Waals surface area contributed by atoms with Crippen molar-refractivity contribution in [2.24, 2.45) is 5.92 Å². The molecule has 0 aromatic heterocycles. The van der Waals surface area contributed by atoms with Crippen molar-refractivity contribution in [1.82, 2.24) is 5.32 Å². The largest absolute Gasteiger partial charge is 0.316 e. The van der Waals surface area contributed by atoms with Gasteiger partial charge in [-0.25, -0.2) is 0 Å². The molecule has 0 bridgehead atoms. The van der Waals surface area contributed by atoms with Crippen LogP contribution in [0.1, 0.15) is 19.8 Å². The quantitative estimate of drug-likeness (QED) is 0.585. The Bertz CT molecular complexity index is 62.2. The molecule has 0 saturated carbocycles. The van der Waals surface area contributed by atoms with Gasteiger partial charge >= 0.3 is 0 Å². The van der Waals surface area contributed by atoms with Gasteiger partial charge in [0.05, 0.1) is 0 Å². The molecule has 0 aromatic rings. The van der Waals surface area contributed by atoms with Crippen LogP contribution in [0, 0.1) is 18.8 Å². The van der Waals surface area contributed by atoms with Crippen LogP contribution in [0.2, 0.25) is 0 Å². The van der Waals surface area contributed by atoms with Crippen molar-refractivity contribution in [1.29, 1.82) is 0 Å². The molecule has 0 aliphatic carbocycles. The maximum atomic E-state index is 3.34. The third kappa shape index (κ3) is 2.35. The Kier molecular flexibility index (Phi) is 3.05. The summed E-state index contributed by atoms with van der Waals surface area (Å²) in [7, 11) is 0. The Hall–Kier alpha value is -0.0400. The maximum Gasteiger partial charge on any atom is -0.00147 e. The second-order valence-corrected chi connectivity index (χ2v) is 2.50. The lowest BCUT2D eigenvalue weighted by Crippen LogP contribution is -2.29. The number of piperidine rings is 1. The van der Waals surface area contributed by atoms with E-state index in [1.165, 1.54) is 19.4 Å². The fourth-order valence-electron chi connectivity index (χ4n) is 1.23. The summed E-state index contributed by atoms with van der Waals surface area (Å²) < 4.78 is 0. The molecule has 1 saturated heterocycles. The van der Waals surface area contributed by atoms with E-state index in [0.29, 0.717) is 5.92 Å². The average Bonchev–Trinajstić information content (AvgIpc) is 1.91. The minimum Gasteiger partial charge on any atom is -0.316 e.